The fraction of sp³-hybridized carbons (Fsp3) is 0.103. The van der Waals surface area contributed by atoms with E-state index in [0.717, 1.165) is 28.6 Å². The molecule has 37 heavy (non-hydrogen) atoms. The molecule has 0 aliphatic heterocycles. The molecule has 0 amide bonds. The lowest BCUT2D eigenvalue weighted by molar-refractivity contribution is 0.0723. The van der Waals surface area contributed by atoms with Crippen LogP contribution in [0, 0.1) is 20.8 Å². The molecule has 0 saturated carbocycles. The normalized spacial score (nSPS) is 10.9. The van der Waals surface area contributed by atoms with Gasteiger partial charge in [0, 0.05) is 10.9 Å². The molecular weight excluding hydrogens is 502 g/mol. The Hall–Kier alpha value is -4.01. The highest BCUT2D eigenvalue weighted by Crippen LogP contribution is 2.38. The number of carbonyl (C=O) groups excluding carboxylic acids is 2. The van der Waals surface area contributed by atoms with Gasteiger partial charge in [0.1, 0.15) is 0 Å². The predicted octanol–water partition coefficient (Wildman–Crippen LogP) is 7.07. The van der Waals surface area contributed by atoms with Gasteiger partial charge in [0.25, 0.3) is 0 Å². The Morgan fingerprint density at radius 1 is 0.838 bits per heavy atom. The average molecular weight is 526 g/mol. The maximum absolute atomic E-state index is 13.2. The van der Waals surface area contributed by atoms with Gasteiger partial charge >= 0.3 is 5.97 Å². The summed E-state index contributed by atoms with van der Waals surface area (Å²) in [6, 6.07) is 24.3. The van der Waals surface area contributed by atoms with Gasteiger partial charge in [0.2, 0.25) is 11.0 Å². The summed E-state index contributed by atoms with van der Waals surface area (Å²) in [7, 11) is 0. The summed E-state index contributed by atoms with van der Waals surface area (Å²) in [6.45, 7) is 5.63. The second-order valence-corrected chi connectivity index (χ2v) is 10.5. The summed E-state index contributed by atoms with van der Waals surface area (Å²) >= 11 is 2.45. The van der Waals surface area contributed by atoms with Crippen molar-refractivity contribution in [2.75, 3.05) is 0 Å². The van der Waals surface area contributed by atoms with E-state index in [1.165, 1.54) is 11.3 Å². The molecule has 0 aliphatic carbocycles. The monoisotopic (exact) mass is 525 g/mol. The lowest BCUT2D eigenvalue weighted by atomic mass is 10.1. The van der Waals surface area contributed by atoms with E-state index in [9.17, 15) is 9.59 Å². The first-order valence-electron chi connectivity index (χ1n) is 11.6. The minimum absolute atomic E-state index is 0.0677. The highest BCUT2D eigenvalue weighted by molar-refractivity contribution is 8.15. The van der Waals surface area contributed by atoms with Crippen molar-refractivity contribution in [3.8, 4) is 22.8 Å². The maximum atomic E-state index is 13.2. The van der Waals surface area contributed by atoms with Crippen LogP contribution in [0.25, 0.3) is 16.9 Å². The lowest BCUT2D eigenvalue weighted by Gasteiger charge is -2.11. The number of ether oxygens (including phenoxy) is 1. The number of esters is 1. The Morgan fingerprint density at radius 2 is 1.46 bits per heavy atom. The van der Waals surface area contributed by atoms with Gasteiger partial charge in [-0.1, -0.05) is 60.7 Å². The summed E-state index contributed by atoms with van der Waals surface area (Å²) in [5.41, 5.74) is 5.48. The fourth-order valence-corrected chi connectivity index (χ4v) is 5.68. The highest BCUT2D eigenvalue weighted by Gasteiger charge is 2.25. The molecule has 3 aromatic carbocycles. The second-order valence-electron chi connectivity index (χ2n) is 8.42. The molecule has 8 heteroatoms. The maximum Gasteiger partial charge on any atom is 0.345 e. The molecule has 6 nitrogen and oxygen atoms in total. The van der Waals surface area contributed by atoms with Crippen LogP contribution >= 0.6 is 23.1 Å². The number of hydrogen-bond acceptors (Lipinski definition) is 7. The molecule has 184 valence electrons. The third-order valence-corrected chi connectivity index (χ3v) is 7.70. The van der Waals surface area contributed by atoms with Gasteiger partial charge in [0.05, 0.1) is 28.2 Å². The van der Waals surface area contributed by atoms with Gasteiger partial charge in [-0.15, -0.1) is 11.3 Å². The number of para-hydroxylation sites is 1. The largest absolute Gasteiger partial charge is 0.403 e. The summed E-state index contributed by atoms with van der Waals surface area (Å²) in [4.78, 5) is 30.8. The van der Waals surface area contributed by atoms with Crippen LogP contribution in [-0.4, -0.2) is 25.8 Å². The average Bonchev–Trinajstić information content (AvgIpc) is 3.48. The van der Waals surface area contributed by atoms with Crippen LogP contribution < -0.4 is 4.74 Å². The molecule has 0 unspecified atom stereocenters. The molecule has 0 spiro atoms. The lowest BCUT2D eigenvalue weighted by Crippen LogP contribution is -2.13. The molecule has 0 N–H and O–H groups in total. The van der Waals surface area contributed by atoms with Gasteiger partial charge in [0.15, 0.2) is 4.34 Å². The van der Waals surface area contributed by atoms with E-state index < -0.39 is 5.97 Å². The van der Waals surface area contributed by atoms with Crippen LogP contribution in [0.3, 0.4) is 0 Å². The van der Waals surface area contributed by atoms with Gasteiger partial charge in [-0.05, 0) is 61.9 Å². The van der Waals surface area contributed by atoms with Crippen molar-refractivity contribution < 1.29 is 14.3 Å². The molecule has 0 saturated heterocycles. The van der Waals surface area contributed by atoms with Crippen molar-refractivity contribution in [2.45, 2.75) is 25.1 Å². The molecular formula is C29H23N3O3S2. The molecule has 0 radical (unpaired) electrons. The van der Waals surface area contributed by atoms with Crippen molar-refractivity contribution in [1.82, 2.24) is 14.8 Å². The Kier molecular flexibility index (Phi) is 7.03. The van der Waals surface area contributed by atoms with E-state index in [4.69, 9.17) is 9.72 Å². The van der Waals surface area contributed by atoms with Gasteiger partial charge in [-0.2, -0.15) is 9.78 Å². The van der Waals surface area contributed by atoms with Crippen LogP contribution in [0.5, 0.6) is 5.88 Å². The number of nitrogens with zero attached hydrogens (tertiary/aromatic N) is 3. The number of aromatic nitrogens is 3. The predicted molar refractivity (Wildman–Crippen MR) is 147 cm³/mol. The quantitative estimate of drug-likeness (QED) is 0.174. The Balaban J connectivity index is 1.53. The number of carbonyl (C=O) groups is 2. The van der Waals surface area contributed by atoms with Crippen molar-refractivity contribution in [3.63, 3.8) is 0 Å². The molecule has 2 aromatic heterocycles. The van der Waals surface area contributed by atoms with Crippen LogP contribution in [0.2, 0.25) is 0 Å². The second kappa shape index (κ2) is 10.5. The van der Waals surface area contributed by atoms with Crippen LogP contribution in [0.1, 0.15) is 37.5 Å². The minimum atomic E-state index is -0.476. The summed E-state index contributed by atoms with van der Waals surface area (Å²) in [5, 5.41) is 6.48. The van der Waals surface area contributed by atoms with Crippen molar-refractivity contribution >= 4 is 34.2 Å². The van der Waals surface area contributed by atoms with Crippen molar-refractivity contribution in [2.24, 2.45) is 0 Å². The smallest absolute Gasteiger partial charge is 0.345 e. The number of benzene rings is 3. The zero-order chi connectivity index (χ0) is 25.9. The van der Waals surface area contributed by atoms with Crippen molar-refractivity contribution in [1.29, 1.82) is 0 Å². The number of thiazole rings is 1. The van der Waals surface area contributed by atoms with E-state index in [-0.39, 0.29) is 11.0 Å². The zero-order valence-corrected chi connectivity index (χ0v) is 22.1. The molecule has 5 rings (SSSR count). The summed E-state index contributed by atoms with van der Waals surface area (Å²) < 4.78 is 8.22. The molecule has 0 aliphatic rings. The van der Waals surface area contributed by atoms with E-state index in [0.29, 0.717) is 32.4 Å². The minimum Gasteiger partial charge on any atom is -0.403 e. The number of hydrogen-bond donors (Lipinski definition) is 0. The van der Waals surface area contributed by atoms with Crippen LogP contribution in [0.15, 0.2) is 88.6 Å². The van der Waals surface area contributed by atoms with Crippen molar-refractivity contribution in [3.05, 3.63) is 112 Å². The van der Waals surface area contributed by atoms with E-state index in [1.54, 1.807) is 16.8 Å². The first kappa shape index (κ1) is 24.7. The fourth-order valence-electron chi connectivity index (χ4n) is 3.94. The molecule has 5 aromatic rings. The molecule has 0 fully saturated rings. The van der Waals surface area contributed by atoms with Gasteiger partial charge in [-0.3, -0.25) is 4.79 Å². The van der Waals surface area contributed by atoms with Crippen LogP contribution in [0.4, 0.5) is 0 Å². The van der Waals surface area contributed by atoms with Crippen LogP contribution in [-0.2, 0) is 0 Å². The molecule has 0 atom stereocenters. The Labute approximate surface area is 223 Å². The number of rotatable bonds is 6. The molecule has 0 bridgehead atoms. The summed E-state index contributed by atoms with van der Waals surface area (Å²) in [5.74, 6) is -0.194. The zero-order valence-electron chi connectivity index (χ0n) is 20.5. The topological polar surface area (TPSA) is 74.1 Å². The standard InChI is InChI=1S/C29H23N3O3S2/c1-18-11-7-9-15-22(18)27(33)35-26-25(20(3)31-32(26)21-13-5-4-6-14-21)24-17-36-29(30-24)37-28(34)23-16-10-8-12-19(23)2/h4-17H,1-3H3. The summed E-state index contributed by atoms with van der Waals surface area (Å²) in [6.07, 6.45) is 0. The van der Waals surface area contributed by atoms with Gasteiger partial charge < -0.3 is 4.74 Å². The van der Waals surface area contributed by atoms with E-state index in [1.807, 2.05) is 92.9 Å². The first-order chi connectivity index (χ1) is 17.9. The SMILES string of the molecule is Cc1ccccc1C(=O)Oc1c(-c2csc(SC(=O)c3ccccc3C)n2)c(C)nn1-c1ccccc1. The third kappa shape index (κ3) is 5.12. The molecule has 2 heterocycles. The first-order valence-corrected chi connectivity index (χ1v) is 13.3. The third-order valence-electron chi connectivity index (χ3n) is 5.86. The Bertz CT molecular complexity index is 1610. The van der Waals surface area contributed by atoms with E-state index in [2.05, 4.69) is 5.10 Å². The Morgan fingerprint density at radius 3 is 2.14 bits per heavy atom. The number of thioether (sulfide) groups is 1. The van der Waals surface area contributed by atoms with Gasteiger partial charge in [-0.25, -0.2) is 9.78 Å². The number of aryl methyl sites for hydroxylation is 3. The van der Waals surface area contributed by atoms with E-state index >= 15 is 0 Å². The highest BCUT2D eigenvalue weighted by atomic mass is 32.2.